The van der Waals surface area contributed by atoms with Crippen LogP contribution in [0.3, 0.4) is 0 Å². The zero-order valence-electron chi connectivity index (χ0n) is 13.3. The third-order valence-electron chi connectivity index (χ3n) is 4.65. The highest BCUT2D eigenvalue weighted by molar-refractivity contribution is 7.10. The van der Waals surface area contributed by atoms with Gasteiger partial charge in [-0.25, -0.2) is 0 Å². The summed E-state index contributed by atoms with van der Waals surface area (Å²) in [5.41, 5.74) is 9.55. The van der Waals surface area contributed by atoms with Gasteiger partial charge in [-0.15, -0.1) is 11.3 Å². The van der Waals surface area contributed by atoms with Crippen molar-refractivity contribution in [3.8, 4) is 0 Å². The summed E-state index contributed by atoms with van der Waals surface area (Å²) >= 11 is 1.87. The standard InChI is InChI=1S/C18H26N2S/c1-4-6-15(17-7-5-10-21-17)20-9-8-13-14(19)11-18(2,3)12-16(13)20/h5,7-10,14-15H,4,6,11-12,19H2,1-3H3. The molecule has 2 nitrogen and oxygen atoms in total. The molecule has 0 saturated carbocycles. The summed E-state index contributed by atoms with van der Waals surface area (Å²) in [5, 5.41) is 2.18. The van der Waals surface area contributed by atoms with Gasteiger partial charge in [-0.1, -0.05) is 33.3 Å². The van der Waals surface area contributed by atoms with E-state index < -0.39 is 0 Å². The fourth-order valence-electron chi connectivity index (χ4n) is 3.72. The van der Waals surface area contributed by atoms with Gasteiger partial charge in [0.15, 0.2) is 0 Å². The first-order chi connectivity index (χ1) is 10.0. The Morgan fingerprint density at radius 1 is 1.43 bits per heavy atom. The van der Waals surface area contributed by atoms with E-state index in [0.29, 0.717) is 11.5 Å². The van der Waals surface area contributed by atoms with E-state index in [-0.39, 0.29) is 6.04 Å². The second kappa shape index (κ2) is 5.62. The van der Waals surface area contributed by atoms with Crippen molar-refractivity contribution >= 4 is 11.3 Å². The zero-order valence-corrected chi connectivity index (χ0v) is 14.1. The maximum Gasteiger partial charge on any atom is 0.0675 e. The van der Waals surface area contributed by atoms with Crippen LogP contribution in [-0.4, -0.2) is 4.57 Å². The topological polar surface area (TPSA) is 30.9 Å². The minimum Gasteiger partial charge on any atom is -0.343 e. The number of nitrogens with two attached hydrogens (primary N) is 1. The van der Waals surface area contributed by atoms with E-state index in [1.54, 1.807) is 0 Å². The second-order valence-electron chi connectivity index (χ2n) is 7.10. The summed E-state index contributed by atoms with van der Waals surface area (Å²) in [7, 11) is 0. The van der Waals surface area contributed by atoms with Gasteiger partial charge in [0.25, 0.3) is 0 Å². The zero-order chi connectivity index (χ0) is 15.0. The van der Waals surface area contributed by atoms with Gasteiger partial charge in [-0.05, 0) is 47.8 Å². The Bertz CT molecular complexity index is 595. The van der Waals surface area contributed by atoms with Crippen LogP contribution in [0.1, 0.15) is 68.3 Å². The van der Waals surface area contributed by atoms with Crippen LogP contribution in [-0.2, 0) is 6.42 Å². The molecule has 0 spiro atoms. The predicted molar refractivity (Wildman–Crippen MR) is 90.8 cm³/mol. The maximum absolute atomic E-state index is 6.42. The minimum atomic E-state index is 0.190. The summed E-state index contributed by atoms with van der Waals surface area (Å²) in [6.45, 7) is 6.95. The van der Waals surface area contributed by atoms with Gasteiger partial charge in [0, 0.05) is 22.8 Å². The molecule has 2 atom stereocenters. The monoisotopic (exact) mass is 302 g/mol. The molecule has 3 heteroatoms. The van der Waals surface area contributed by atoms with E-state index in [4.69, 9.17) is 5.73 Å². The van der Waals surface area contributed by atoms with Gasteiger partial charge >= 0.3 is 0 Å². The summed E-state index contributed by atoms with van der Waals surface area (Å²) < 4.78 is 2.51. The quantitative estimate of drug-likeness (QED) is 0.854. The predicted octanol–water partition coefficient (Wildman–Crippen LogP) is 4.91. The summed E-state index contributed by atoms with van der Waals surface area (Å²) in [6.07, 6.45) is 6.88. The number of hydrogen-bond donors (Lipinski definition) is 1. The molecule has 0 fully saturated rings. The van der Waals surface area contributed by atoms with Crippen molar-refractivity contribution in [1.29, 1.82) is 0 Å². The van der Waals surface area contributed by atoms with Crippen molar-refractivity contribution in [2.24, 2.45) is 11.1 Å². The van der Waals surface area contributed by atoms with Crippen LogP contribution in [0.25, 0.3) is 0 Å². The largest absolute Gasteiger partial charge is 0.343 e. The van der Waals surface area contributed by atoms with Crippen LogP contribution >= 0.6 is 11.3 Å². The lowest BCUT2D eigenvalue weighted by Crippen LogP contribution is -2.31. The molecule has 0 saturated heterocycles. The lowest BCUT2D eigenvalue weighted by atomic mass is 9.74. The van der Waals surface area contributed by atoms with Crippen LogP contribution in [0.4, 0.5) is 0 Å². The molecule has 0 amide bonds. The normalized spacial score (nSPS) is 22.0. The Balaban J connectivity index is 2.03. The molecule has 0 aromatic carbocycles. The number of nitrogens with zero attached hydrogens (tertiary/aromatic N) is 1. The molecule has 114 valence electrons. The molecule has 2 aromatic rings. The van der Waals surface area contributed by atoms with Crippen molar-refractivity contribution < 1.29 is 0 Å². The highest BCUT2D eigenvalue weighted by Crippen LogP contribution is 2.42. The van der Waals surface area contributed by atoms with Gasteiger partial charge < -0.3 is 10.3 Å². The van der Waals surface area contributed by atoms with E-state index in [2.05, 4.69) is 55.1 Å². The second-order valence-corrected chi connectivity index (χ2v) is 8.08. The first kappa shape index (κ1) is 14.9. The molecule has 2 aromatic heterocycles. The van der Waals surface area contributed by atoms with E-state index in [1.807, 2.05) is 11.3 Å². The molecule has 1 aliphatic carbocycles. The van der Waals surface area contributed by atoms with Crippen molar-refractivity contribution in [1.82, 2.24) is 4.57 Å². The van der Waals surface area contributed by atoms with Crippen LogP contribution in [0.5, 0.6) is 0 Å². The minimum absolute atomic E-state index is 0.190. The van der Waals surface area contributed by atoms with Crippen molar-refractivity contribution in [2.45, 2.75) is 58.5 Å². The first-order valence-corrected chi connectivity index (χ1v) is 8.88. The number of thiophene rings is 1. The molecule has 21 heavy (non-hydrogen) atoms. The number of fused-ring (bicyclic) bond motifs is 1. The average molecular weight is 302 g/mol. The number of aromatic nitrogens is 1. The van der Waals surface area contributed by atoms with Crippen LogP contribution in [0.15, 0.2) is 29.8 Å². The van der Waals surface area contributed by atoms with E-state index in [0.717, 1.165) is 12.8 Å². The highest BCUT2D eigenvalue weighted by atomic mass is 32.1. The molecule has 2 unspecified atom stereocenters. The highest BCUT2D eigenvalue weighted by Gasteiger charge is 2.33. The summed E-state index contributed by atoms with van der Waals surface area (Å²) in [6, 6.07) is 7.35. The van der Waals surface area contributed by atoms with Crippen molar-refractivity contribution in [3.63, 3.8) is 0 Å². The average Bonchev–Trinajstić information content (AvgIpc) is 3.04. The molecule has 3 rings (SSSR count). The summed E-state index contributed by atoms with van der Waals surface area (Å²) in [4.78, 5) is 1.47. The molecule has 0 radical (unpaired) electrons. The van der Waals surface area contributed by atoms with Crippen molar-refractivity contribution in [2.75, 3.05) is 0 Å². The van der Waals surface area contributed by atoms with Crippen LogP contribution < -0.4 is 5.73 Å². The molecule has 2 heterocycles. The SMILES string of the molecule is CCCC(c1cccs1)n1ccc2c1CC(C)(C)CC2N. The fraction of sp³-hybridized carbons (Fsp3) is 0.556. The smallest absolute Gasteiger partial charge is 0.0675 e. The van der Waals surface area contributed by atoms with Gasteiger partial charge in [-0.3, -0.25) is 0 Å². The molecular weight excluding hydrogens is 276 g/mol. The molecule has 0 bridgehead atoms. The van der Waals surface area contributed by atoms with Crippen LogP contribution in [0.2, 0.25) is 0 Å². The van der Waals surface area contributed by atoms with Crippen molar-refractivity contribution in [3.05, 3.63) is 45.9 Å². The molecular formula is C18H26N2S. The Labute approximate surface area is 132 Å². The third-order valence-corrected chi connectivity index (χ3v) is 5.62. The fourth-order valence-corrected chi connectivity index (χ4v) is 4.58. The molecule has 2 N–H and O–H groups in total. The molecule has 0 aliphatic heterocycles. The van der Waals surface area contributed by atoms with Crippen LogP contribution in [0, 0.1) is 5.41 Å². The molecule has 1 aliphatic rings. The number of rotatable bonds is 4. The Hall–Kier alpha value is -1.06. The van der Waals surface area contributed by atoms with Gasteiger partial charge in [0.1, 0.15) is 0 Å². The first-order valence-electron chi connectivity index (χ1n) is 8.00. The Morgan fingerprint density at radius 2 is 2.24 bits per heavy atom. The third kappa shape index (κ3) is 2.82. The summed E-state index contributed by atoms with van der Waals surface area (Å²) in [5.74, 6) is 0. The van der Waals surface area contributed by atoms with E-state index in [1.165, 1.54) is 29.0 Å². The van der Waals surface area contributed by atoms with E-state index >= 15 is 0 Å². The maximum atomic E-state index is 6.42. The van der Waals surface area contributed by atoms with Gasteiger partial charge in [-0.2, -0.15) is 0 Å². The Kier molecular flexibility index (Phi) is 3.98. The van der Waals surface area contributed by atoms with Gasteiger partial charge in [0.2, 0.25) is 0 Å². The van der Waals surface area contributed by atoms with E-state index in [9.17, 15) is 0 Å². The lowest BCUT2D eigenvalue weighted by molar-refractivity contribution is 0.273. The lowest BCUT2D eigenvalue weighted by Gasteiger charge is -2.35. The van der Waals surface area contributed by atoms with Gasteiger partial charge in [0.05, 0.1) is 6.04 Å². The number of hydrogen-bond acceptors (Lipinski definition) is 2. The Morgan fingerprint density at radius 3 is 2.90 bits per heavy atom.